The van der Waals surface area contributed by atoms with Crippen LogP contribution in [0.3, 0.4) is 0 Å². The van der Waals surface area contributed by atoms with Crippen LogP contribution >= 0.6 is 0 Å². The first-order valence-corrected chi connectivity index (χ1v) is 7.34. The van der Waals surface area contributed by atoms with Gasteiger partial charge in [0.25, 0.3) is 0 Å². The van der Waals surface area contributed by atoms with Gasteiger partial charge in [-0.1, -0.05) is 0 Å². The first-order valence-electron chi connectivity index (χ1n) is 7.34. The van der Waals surface area contributed by atoms with Crippen LogP contribution in [0.5, 0.6) is 0 Å². The van der Waals surface area contributed by atoms with Crippen LogP contribution in [0.2, 0.25) is 0 Å². The normalized spacial score (nSPS) is 15.7. The fourth-order valence-electron chi connectivity index (χ4n) is 2.18. The first kappa shape index (κ1) is 17.3. The summed E-state index contributed by atoms with van der Waals surface area (Å²) in [5, 5.41) is 5.75. The van der Waals surface area contributed by atoms with Crippen LogP contribution in [0.25, 0.3) is 0 Å². The molecule has 1 saturated heterocycles. The number of methoxy groups -OCH3 is 1. The van der Waals surface area contributed by atoms with E-state index >= 15 is 0 Å². The van der Waals surface area contributed by atoms with Crippen molar-refractivity contribution in [3.63, 3.8) is 0 Å². The fourth-order valence-corrected chi connectivity index (χ4v) is 2.18. The Morgan fingerprint density at radius 3 is 2.33 bits per heavy atom. The third kappa shape index (κ3) is 6.46. The molecular formula is C14H25N3O4. The number of nitrogens with one attached hydrogen (secondary N) is 2. The molecule has 0 aromatic rings. The molecule has 21 heavy (non-hydrogen) atoms. The van der Waals surface area contributed by atoms with Gasteiger partial charge in [0.2, 0.25) is 5.91 Å². The van der Waals surface area contributed by atoms with Gasteiger partial charge < -0.3 is 20.3 Å². The summed E-state index contributed by atoms with van der Waals surface area (Å²) < 4.78 is 4.49. The summed E-state index contributed by atoms with van der Waals surface area (Å²) >= 11 is 0. The molecule has 0 aliphatic carbocycles. The van der Waals surface area contributed by atoms with Gasteiger partial charge in [-0.2, -0.15) is 0 Å². The molecule has 1 fully saturated rings. The van der Waals surface area contributed by atoms with Crippen molar-refractivity contribution < 1.29 is 19.1 Å². The topological polar surface area (TPSA) is 87.7 Å². The van der Waals surface area contributed by atoms with E-state index < -0.39 is 0 Å². The number of amides is 3. The zero-order chi connectivity index (χ0) is 15.8. The zero-order valence-electron chi connectivity index (χ0n) is 13.0. The van der Waals surface area contributed by atoms with E-state index in [1.807, 2.05) is 13.8 Å². The van der Waals surface area contributed by atoms with E-state index in [0.717, 1.165) is 12.8 Å². The molecule has 120 valence electrons. The molecule has 7 heteroatoms. The van der Waals surface area contributed by atoms with Crippen molar-refractivity contribution in [1.82, 2.24) is 15.5 Å². The average Bonchev–Trinajstić information content (AvgIpc) is 2.44. The van der Waals surface area contributed by atoms with Crippen molar-refractivity contribution in [1.29, 1.82) is 0 Å². The molecular weight excluding hydrogens is 274 g/mol. The van der Waals surface area contributed by atoms with Gasteiger partial charge >= 0.3 is 12.0 Å². The third-order valence-corrected chi connectivity index (χ3v) is 3.34. The number of carbonyl (C=O) groups excluding carboxylic acids is 3. The molecule has 1 aliphatic heterocycles. The van der Waals surface area contributed by atoms with Crippen LogP contribution in [-0.2, 0) is 14.3 Å². The molecule has 7 nitrogen and oxygen atoms in total. The van der Waals surface area contributed by atoms with Crippen LogP contribution in [0.4, 0.5) is 4.79 Å². The number of nitrogens with zero attached hydrogens (tertiary/aromatic N) is 1. The van der Waals surface area contributed by atoms with E-state index in [4.69, 9.17) is 0 Å². The Labute approximate surface area is 125 Å². The molecule has 0 aromatic heterocycles. The first-order chi connectivity index (χ1) is 9.92. The van der Waals surface area contributed by atoms with Gasteiger partial charge in [-0.05, 0) is 26.7 Å². The minimum atomic E-state index is -0.384. The lowest BCUT2D eigenvalue weighted by Crippen LogP contribution is -2.50. The lowest BCUT2D eigenvalue weighted by molar-refractivity contribution is -0.142. The summed E-state index contributed by atoms with van der Waals surface area (Å²) in [6.07, 6.45) is 1.70. The Kier molecular flexibility index (Phi) is 6.98. The lowest BCUT2D eigenvalue weighted by atomic mass is 10.0. The minimum absolute atomic E-state index is 0.0551. The van der Waals surface area contributed by atoms with Gasteiger partial charge in [0, 0.05) is 31.6 Å². The van der Waals surface area contributed by atoms with Crippen LogP contribution < -0.4 is 10.6 Å². The highest BCUT2D eigenvalue weighted by atomic mass is 16.5. The number of hydrogen-bond donors (Lipinski definition) is 2. The van der Waals surface area contributed by atoms with E-state index in [-0.39, 0.29) is 42.8 Å². The van der Waals surface area contributed by atoms with Crippen LogP contribution in [0.1, 0.15) is 39.5 Å². The maximum atomic E-state index is 11.8. The summed E-state index contributed by atoms with van der Waals surface area (Å²) in [7, 11) is 1.30. The second-order valence-electron chi connectivity index (χ2n) is 5.51. The van der Waals surface area contributed by atoms with Crippen molar-refractivity contribution in [3.8, 4) is 0 Å². The third-order valence-electron chi connectivity index (χ3n) is 3.34. The minimum Gasteiger partial charge on any atom is -0.469 e. The van der Waals surface area contributed by atoms with Gasteiger partial charge in [-0.25, -0.2) is 4.79 Å². The standard InChI is InChI=1S/C14H25N3O4/c1-10(2)15-14(20)17-8-6-11(7-9-17)16-12(18)4-5-13(19)21-3/h10-11H,4-9H2,1-3H3,(H,15,20)(H,16,18). The summed E-state index contributed by atoms with van der Waals surface area (Å²) in [6, 6.07) is 0.131. The molecule has 0 saturated carbocycles. The van der Waals surface area contributed by atoms with E-state index in [0.29, 0.717) is 13.1 Å². The molecule has 0 radical (unpaired) electrons. The molecule has 0 unspecified atom stereocenters. The molecule has 0 spiro atoms. The molecule has 0 atom stereocenters. The maximum Gasteiger partial charge on any atom is 0.317 e. The average molecular weight is 299 g/mol. The van der Waals surface area contributed by atoms with Crippen LogP contribution in [0.15, 0.2) is 0 Å². The Hall–Kier alpha value is -1.79. The number of hydrogen-bond acceptors (Lipinski definition) is 4. The van der Waals surface area contributed by atoms with Gasteiger partial charge in [0.15, 0.2) is 0 Å². The number of urea groups is 1. The Balaban J connectivity index is 2.25. The number of rotatable bonds is 5. The van der Waals surface area contributed by atoms with Crippen molar-refractivity contribution in [3.05, 3.63) is 0 Å². The van der Waals surface area contributed by atoms with E-state index in [1.54, 1.807) is 4.90 Å². The highest BCUT2D eigenvalue weighted by molar-refractivity contribution is 5.81. The molecule has 3 amide bonds. The lowest BCUT2D eigenvalue weighted by Gasteiger charge is -2.32. The molecule has 0 bridgehead atoms. The predicted octanol–water partition coefficient (Wildman–Crippen LogP) is 0.638. The molecule has 1 aliphatic rings. The Morgan fingerprint density at radius 2 is 1.81 bits per heavy atom. The summed E-state index contributed by atoms with van der Waals surface area (Å²) in [5.74, 6) is -0.532. The summed E-state index contributed by atoms with van der Waals surface area (Å²) in [6.45, 7) is 5.10. The summed E-state index contributed by atoms with van der Waals surface area (Å²) in [5.41, 5.74) is 0. The summed E-state index contributed by atoms with van der Waals surface area (Å²) in [4.78, 5) is 36.2. The number of esters is 1. The number of piperidine rings is 1. The van der Waals surface area contributed by atoms with Crippen molar-refractivity contribution in [2.45, 2.75) is 51.6 Å². The smallest absolute Gasteiger partial charge is 0.317 e. The van der Waals surface area contributed by atoms with Gasteiger partial charge in [0.05, 0.1) is 13.5 Å². The van der Waals surface area contributed by atoms with Crippen molar-refractivity contribution >= 4 is 17.9 Å². The van der Waals surface area contributed by atoms with Crippen LogP contribution in [0, 0.1) is 0 Å². The molecule has 0 aromatic carbocycles. The second-order valence-corrected chi connectivity index (χ2v) is 5.51. The van der Waals surface area contributed by atoms with Gasteiger partial charge in [-0.15, -0.1) is 0 Å². The fraction of sp³-hybridized carbons (Fsp3) is 0.786. The van der Waals surface area contributed by atoms with E-state index in [2.05, 4.69) is 15.4 Å². The molecule has 1 heterocycles. The van der Waals surface area contributed by atoms with Crippen molar-refractivity contribution in [2.75, 3.05) is 20.2 Å². The molecule has 1 rings (SSSR count). The number of ether oxygens (including phenoxy) is 1. The van der Waals surface area contributed by atoms with Crippen molar-refractivity contribution in [2.24, 2.45) is 0 Å². The van der Waals surface area contributed by atoms with E-state index in [9.17, 15) is 14.4 Å². The number of likely N-dealkylation sites (tertiary alicyclic amines) is 1. The van der Waals surface area contributed by atoms with Gasteiger partial charge in [0.1, 0.15) is 0 Å². The predicted molar refractivity (Wildman–Crippen MR) is 77.7 cm³/mol. The SMILES string of the molecule is COC(=O)CCC(=O)NC1CCN(C(=O)NC(C)C)CC1. The second kappa shape index (κ2) is 8.49. The van der Waals surface area contributed by atoms with Crippen LogP contribution in [-0.4, -0.2) is 55.1 Å². The molecule has 2 N–H and O–H groups in total. The highest BCUT2D eigenvalue weighted by Crippen LogP contribution is 2.11. The zero-order valence-corrected chi connectivity index (χ0v) is 13.0. The van der Waals surface area contributed by atoms with E-state index in [1.165, 1.54) is 7.11 Å². The Morgan fingerprint density at radius 1 is 1.19 bits per heavy atom. The largest absolute Gasteiger partial charge is 0.469 e. The quantitative estimate of drug-likeness (QED) is 0.729. The highest BCUT2D eigenvalue weighted by Gasteiger charge is 2.24. The Bertz CT molecular complexity index is 376. The van der Waals surface area contributed by atoms with Gasteiger partial charge in [-0.3, -0.25) is 9.59 Å². The maximum absolute atomic E-state index is 11.8. The monoisotopic (exact) mass is 299 g/mol. The number of carbonyl (C=O) groups is 3.